The van der Waals surface area contributed by atoms with Gasteiger partial charge in [0.25, 0.3) is 0 Å². The molecule has 0 aliphatic heterocycles. The van der Waals surface area contributed by atoms with Crippen LogP contribution in [-0.2, 0) is 0 Å². The van der Waals surface area contributed by atoms with E-state index in [0.717, 1.165) is 28.2 Å². The first kappa shape index (κ1) is 27.9. The van der Waals surface area contributed by atoms with Gasteiger partial charge in [-0.2, -0.15) is 0 Å². The molecule has 0 aliphatic rings. The SMILES string of the molecule is c1ccc(-c2ccc(N(c3ccc(-c4ccc5c(c4)sc4ccc6oc7ccccc7c6c45)cc3)c3cccc4ccccc34)cc2)cc1. The van der Waals surface area contributed by atoms with E-state index in [0.29, 0.717) is 0 Å². The lowest BCUT2D eigenvalue weighted by atomic mass is 10.0. The molecule has 10 rings (SSSR count). The standard InChI is InChI=1S/C46H29NOS/c1-2-9-30(10-3-1)31-17-22-35(23-18-31)47(40-15-8-12-33-11-4-5-13-37(33)40)36-24-19-32(20-25-36)34-21-26-39-44(29-34)49-43-28-27-42-45(46(39)43)38-14-6-7-16-41(38)48-42/h1-29H. The lowest BCUT2D eigenvalue weighted by Crippen LogP contribution is -2.10. The Balaban J connectivity index is 1.07. The molecule has 0 N–H and O–H groups in total. The minimum atomic E-state index is 0.936. The van der Waals surface area contributed by atoms with Crippen molar-refractivity contribution in [1.29, 1.82) is 0 Å². The van der Waals surface area contributed by atoms with Crippen molar-refractivity contribution in [2.24, 2.45) is 0 Å². The number of rotatable bonds is 5. The Morgan fingerprint density at radius 3 is 1.82 bits per heavy atom. The average Bonchev–Trinajstić information content (AvgIpc) is 3.74. The number of para-hydroxylation sites is 1. The van der Waals surface area contributed by atoms with Crippen LogP contribution in [0.15, 0.2) is 180 Å². The topological polar surface area (TPSA) is 16.4 Å². The molecule has 0 bridgehead atoms. The van der Waals surface area contributed by atoms with Crippen LogP contribution in [0.4, 0.5) is 17.1 Å². The highest BCUT2D eigenvalue weighted by Gasteiger charge is 2.17. The van der Waals surface area contributed by atoms with Crippen molar-refractivity contribution >= 4 is 81.3 Å². The summed E-state index contributed by atoms with van der Waals surface area (Å²) in [5.74, 6) is 0. The smallest absolute Gasteiger partial charge is 0.136 e. The summed E-state index contributed by atoms with van der Waals surface area (Å²) in [5, 5.41) is 7.39. The first-order valence-electron chi connectivity index (χ1n) is 16.6. The first-order chi connectivity index (χ1) is 24.3. The summed E-state index contributed by atoms with van der Waals surface area (Å²) in [6.07, 6.45) is 0. The summed E-state index contributed by atoms with van der Waals surface area (Å²) in [5.41, 5.74) is 10.1. The normalized spacial score (nSPS) is 11.7. The van der Waals surface area contributed by atoms with E-state index in [-0.39, 0.29) is 0 Å². The highest BCUT2D eigenvalue weighted by molar-refractivity contribution is 7.26. The Morgan fingerprint density at radius 2 is 1.02 bits per heavy atom. The molecule has 8 aromatic carbocycles. The van der Waals surface area contributed by atoms with E-state index in [2.05, 4.69) is 175 Å². The second-order valence-electron chi connectivity index (χ2n) is 12.5. The van der Waals surface area contributed by atoms with Crippen LogP contribution in [0.5, 0.6) is 0 Å². The molecule has 0 fully saturated rings. The van der Waals surface area contributed by atoms with Crippen molar-refractivity contribution in [2.75, 3.05) is 4.90 Å². The van der Waals surface area contributed by atoms with Crippen LogP contribution >= 0.6 is 11.3 Å². The van der Waals surface area contributed by atoms with E-state index < -0.39 is 0 Å². The number of fused-ring (bicyclic) bond motifs is 8. The maximum Gasteiger partial charge on any atom is 0.136 e. The highest BCUT2D eigenvalue weighted by Crippen LogP contribution is 2.44. The maximum absolute atomic E-state index is 6.22. The van der Waals surface area contributed by atoms with Crippen LogP contribution in [-0.4, -0.2) is 0 Å². The third kappa shape index (κ3) is 4.62. The fourth-order valence-electron chi connectivity index (χ4n) is 7.33. The number of anilines is 3. The number of thiophene rings is 1. The average molecular weight is 644 g/mol. The number of hydrogen-bond donors (Lipinski definition) is 0. The molecule has 2 heterocycles. The number of furan rings is 1. The Labute approximate surface area is 287 Å². The molecule has 0 atom stereocenters. The molecule has 0 saturated heterocycles. The van der Waals surface area contributed by atoms with Crippen molar-refractivity contribution in [3.05, 3.63) is 176 Å². The largest absolute Gasteiger partial charge is 0.456 e. The molecule has 10 aromatic rings. The molecule has 3 heteroatoms. The third-order valence-corrected chi connectivity index (χ3v) is 10.8. The van der Waals surface area contributed by atoms with Gasteiger partial charge in [-0.3, -0.25) is 0 Å². The van der Waals surface area contributed by atoms with Gasteiger partial charge in [0.05, 0.1) is 5.69 Å². The number of nitrogens with zero attached hydrogens (tertiary/aromatic N) is 1. The summed E-state index contributed by atoms with van der Waals surface area (Å²) in [7, 11) is 0. The Bertz CT molecular complexity index is 2800. The zero-order chi connectivity index (χ0) is 32.3. The Hall–Kier alpha value is -6.16. The molecule has 230 valence electrons. The lowest BCUT2D eigenvalue weighted by molar-refractivity contribution is 0.669. The van der Waals surface area contributed by atoms with E-state index in [9.17, 15) is 0 Å². The van der Waals surface area contributed by atoms with Gasteiger partial charge in [-0.25, -0.2) is 0 Å². The van der Waals surface area contributed by atoms with Gasteiger partial charge >= 0.3 is 0 Å². The Morgan fingerprint density at radius 1 is 0.388 bits per heavy atom. The molecule has 49 heavy (non-hydrogen) atoms. The van der Waals surface area contributed by atoms with Gasteiger partial charge in [0.2, 0.25) is 0 Å². The molecule has 2 nitrogen and oxygen atoms in total. The summed E-state index contributed by atoms with van der Waals surface area (Å²) < 4.78 is 8.78. The van der Waals surface area contributed by atoms with E-state index in [4.69, 9.17) is 4.42 Å². The first-order valence-corrected chi connectivity index (χ1v) is 17.4. The van der Waals surface area contributed by atoms with Crippen molar-refractivity contribution in [1.82, 2.24) is 0 Å². The van der Waals surface area contributed by atoms with Gasteiger partial charge in [-0.05, 0) is 82.2 Å². The molecule has 2 aromatic heterocycles. The molecule has 0 amide bonds. The monoisotopic (exact) mass is 643 g/mol. The van der Waals surface area contributed by atoms with Crippen molar-refractivity contribution in [3.8, 4) is 22.3 Å². The van der Waals surface area contributed by atoms with Crippen LogP contribution in [0, 0.1) is 0 Å². The second-order valence-corrected chi connectivity index (χ2v) is 13.6. The van der Waals surface area contributed by atoms with Crippen LogP contribution in [0.3, 0.4) is 0 Å². The maximum atomic E-state index is 6.22. The van der Waals surface area contributed by atoms with Gasteiger partial charge in [0.15, 0.2) is 0 Å². The summed E-state index contributed by atoms with van der Waals surface area (Å²) in [6.45, 7) is 0. The van der Waals surface area contributed by atoms with Crippen LogP contribution in [0.2, 0.25) is 0 Å². The minimum absolute atomic E-state index is 0.936. The van der Waals surface area contributed by atoms with Gasteiger partial charge < -0.3 is 9.32 Å². The van der Waals surface area contributed by atoms with Crippen molar-refractivity contribution in [3.63, 3.8) is 0 Å². The molecule has 0 radical (unpaired) electrons. The van der Waals surface area contributed by atoms with Gasteiger partial charge in [0.1, 0.15) is 11.2 Å². The Kier molecular flexibility index (Phi) is 6.39. The second kappa shape index (κ2) is 11.2. The van der Waals surface area contributed by atoms with Crippen molar-refractivity contribution in [2.45, 2.75) is 0 Å². The van der Waals surface area contributed by atoms with Gasteiger partial charge in [0, 0.05) is 47.7 Å². The zero-order valence-electron chi connectivity index (χ0n) is 26.5. The molecule has 0 spiro atoms. The number of benzene rings is 8. The van der Waals surface area contributed by atoms with Crippen LogP contribution < -0.4 is 4.90 Å². The third-order valence-electron chi connectivity index (χ3n) is 9.68. The quantitative estimate of drug-likeness (QED) is 0.186. The predicted octanol–water partition coefficient (Wildman–Crippen LogP) is 13.9. The minimum Gasteiger partial charge on any atom is -0.456 e. The predicted molar refractivity (Wildman–Crippen MR) is 210 cm³/mol. The van der Waals surface area contributed by atoms with Crippen molar-refractivity contribution < 1.29 is 4.42 Å². The van der Waals surface area contributed by atoms with Crippen LogP contribution in [0.25, 0.3) is 75.1 Å². The molecule has 0 unspecified atom stereocenters. The van der Waals surface area contributed by atoms with E-state index >= 15 is 0 Å². The molecule has 0 aliphatic carbocycles. The molecular formula is C46H29NOS. The van der Waals surface area contributed by atoms with E-state index in [1.54, 1.807) is 0 Å². The summed E-state index contributed by atoms with van der Waals surface area (Å²) in [6, 6.07) is 63.2. The highest BCUT2D eigenvalue weighted by atomic mass is 32.1. The molecule has 0 saturated carbocycles. The zero-order valence-corrected chi connectivity index (χ0v) is 27.3. The van der Waals surface area contributed by atoms with Gasteiger partial charge in [-0.1, -0.05) is 121 Å². The molecular weight excluding hydrogens is 615 g/mol. The fourth-order valence-corrected chi connectivity index (χ4v) is 8.48. The lowest BCUT2D eigenvalue weighted by Gasteiger charge is -2.27. The van der Waals surface area contributed by atoms with E-state index in [1.165, 1.54) is 64.0 Å². The summed E-state index contributed by atoms with van der Waals surface area (Å²) in [4.78, 5) is 2.37. The van der Waals surface area contributed by atoms with Gasteiger partial charge in [-0.15, -0.1) is 11.3 Å². The summed E-state index contributed by atoms with van der Waals surface area (Å²) >= 11 is 1.85. The van der Waals surface area contributed by atoms with E-state index in [1.807, 2.05) is 17.4 Å². The van der Waals surface area contributed by atoms with Crippen LogP contribution in [0.1, 0.15) is 0 Å². The number of hydrogen-bond acceptors (Lipinski definition) is 3. The fraction of sp³-hybridized carbons (Fsp3) is 0.